The predicted octanol–water partition coefficient (Wildman–Crippen LogP) is 0.0681. The summed E-state index contributed by atoms with van der Waals surface area (Å²) in [6.07, 6.45) is 0.0474. The number of nitrogens with two attached hydrogens (primary N) is 1. The van der Waals surface area contributed by atoms with Crippen LogP contribution in [0.4, 0.5) is 0 Å². The zero-order chi connectivity index (χ0) is 12.1. The number of nitrogens with one attached hydrogen (secondary N) is 1. The smallest absolute Gasteiger partial charge is 0.213 e. The van der Waals surface area contributed by atoms with E-state index in [2.05, 4.69) is 4.72 Å². The maximum atomic E-state index is 11.4. The molecule has 0 saturated heterocycles. The van der Waals surface area contributed by atoms with Gasteiger partial charge in [-0.25, -0.2) is 13.1 Å². The summed E-state index contributed by atoms with van der Waals surface area (Å²) in [5.41, 5.74) is 5.13. The molecule has 3 N–H and O–H groups in total. The lowest BCUT2D eigenvalue weighted by Gasteiger charge is -2.19. The van der Waals surface area contributed by atoms with Gasteiger partial charge in [-0.1, -0.05) is 0 Å². The molecule has 0 rings (SSSR count). The van der Waals surface area contributed by atoms with Gasteiger partial charge in [0, 0.05) is 12.1 Å². The van der Waals surface area contributed by atoms with E-state index in [1.165, 1.54) is 0 Å². The van der Waals surface area contributed by atoms with Crippen molar-refractivity contribution >= 4 is 10.0 Å². The minimum atomic E-state index is -3.27. The maximum Gasteiger partial charge on any atom is 0.213 e. The Morgan fingerprint density at radius 3 is 2.33 bits per heavy atom. The van der Waals surface area contributed by atoms with E-state index in [4.69, 9.17) is 10.5 Å². The third-order valence-electron chi connectivity index (χ3n) is 1.55. The van der Waals surface area contributed by atoms with Gasteiger partial charge in [0.05, 0.1) is 18.5 Å². The van der Waals surface area contributed by atoms with Gasteiger partial charge in [-0.2, -0.15) is 0 Å². The Morgan fingerprint density at radius 1 is 1.40 bits per heavy atom. The number of hydrogen-bond acceptors (Lipinski definition) is 4. The molecule has 0 aromatic carbocycles. The first-order chi connectivity index (χ1) is 6.62. The molecule has 0 amide bonds. The van der Waals surface area contributed by atoms with E-state index in [1.807, 2.05) is 13.8 Å². The summed E-state index contributed by atoms with van der Waals surface area (Å²) in [5, 5.41) is 0. The van der Waals surface area contributed by atoms with E-state index in [0.717, 1.165) is 0 Å². The lowest BCUT2D eigenvalue weighted by atomic mass is 10.1. The number of rotatable bonds is 7. The molecule has 0 heterocycles. The Hall–Kier alpha value is -0.170. The summed E-state index contributed by atoms with van der Waals surface area (Å²) in [4.78, 5) is 0. The zero-order valence-corrected chi connectivity index (χ0v) is 10.7. The molecule has 6 heteroatoms. The van der Waals surface area contributed by atoms with Crippen molar-refractivity contribution in [3.8, 4) is 0 Å². The van der Waals surface area contributed by atoms with E-state index in [9.17, 15) is 8.42 Å². The van der Waals surface area contributed by atoms with Crippen LogP contribution in [-0.2, 0) is 14.8 Å². The van der Waals surface area contributed by atoms with Crippen LogP contribution in [-0.4, -0.2) is 39.0 Å². The molecule has 0 aromatic heterocycles. The third kappa shape index (κ3) is 10.1. The molecule has 0 fully saturated rings. The van der Waals surface area contributed by atoms with Crippen molar-refractivity contribution in [2.24, 2.45) is 5.73 Å². The van der Waals surface area contributed by atoms with Gasteiger partial charge in [-0.3, -0.25) is 0 Å². The Bertz CT molecular complexity index is 268. The van der Waals surface area contributed by atoms with Crippen LogP contribution in [0.5, 0.6) is 0 Å². The van der Waals surface area contributed by atoms with E-state index in [0.29, 0.717) is 0 Å². The largest absolute Gasteiger partial charge is 0.378 e. The van der Waals surface area contributed by atoms with Crippen LogP contribution in [0.15, 0.2) is 0 Å². The summed E-state index contributed by atoms with van der Waals surface area (Å²) < 4.78 is 30.4. The van der Waals surface area contributed by atoms with Crippen LogP contribution in [0.25, 0.3) is 0 Å². The van der Waals surface area contributed by atoms with Gasteiger partial charge in [-0.15, -0.1) is 0 Å². The minimum Gasteiger partial charge on any atom is -0.378 e. The Kier molecular flexibility index (Phi) is 5.72. The molecular weight excluding hydrogens is 216 g/mol. The molecule has 0 bridgehead atoms. The molecule has 0 unspecified atom stereocenters. The fourth-order valence-corrected chi connectivity index (χ4v) is 1.81. The summed E-state index contributed by atoms with van der Waals surface area (Å²) in [7, 11) is -3.27. The first-order valence-corrected chi connectivity index (χ1v) is 6.65. The first kappa shape index (κ1) is 14.8. The molecule has 0 atom stereocenters. The van der Waals surface area contributed by atoms with Gasteiger partial charge in [0.1, 0.15) is 0 Å². The lowest BCUT2D eigenvalue weighted by molar-refractivity contribution is 0.0911. The van der Waals surface area contributed by atoms with Crippen molar-refractivity contribution in [3.63, 3.8) is 0 Å². The normalized spacial score (nSPS) is 13.5. The monoisotopic (exact) mass is 238 g/mol. The maximum absolute atomic E-state index is 11.4. The van der Waals surface area contributed by atoms with Crippen LogP contribution >= 0.6 is 0 Å². The average Bonchev–Trinajstić information content (AvgIpc) is 1.99. The topological polar surface area (TPSA) is 81.4 Å². The molecule has 0 aromatic rings. The van der Waals surface area contributed by atoms with Gasteiger partial charge >= 0.3 is 0 Å². The third-order valence-corrected chi connectivity index (χ3v) is 2.84. The fourth-order valence-electron chi connectivity index (χ4n) is 0.762. The number of sulfonamides is 1. The second kappa shape index (κ2) is 5.79. The van der Waals surface area contributed by atoms with Crippen LogP contribution < -0.4 is 10.5 Å². The fraction of sp³-hybridized carbons (Fsp3) is 1.00. The first-order valence-electron chi connectivity index (χ1n) is 5.00. The van der Waals surface area contributed by atoms with Gasteiger partial charge in [0.2, 0.25) is 10.0 Å². The molecule has 92 valence electrons. The Morgan fingerprint density at radius 2 is 1.93 bits per heavy atom. The van der Waals surface area contributed by atoms with Crippen molar-refractivity contribution in [2.75, 3.05) is 18.9 Å². The van der Waals surface area contributed by atoms with Crippen LogP contribution in [0, 0.1) is 0 Å². The molecule has 0 aliphatic rings. The highest BCUT2D eigenvalue weighted by Gasteiger charge is 2.16. The SMILES string of the molecule is CC(C)OCCS(=O)(=O)NCC(C)(C)N. The highest BCUT2D eigenvalue weighted by molar-refractivity contribution is 7.89. The van der Waals surface area contributed by atoms with Crippen molar-refractivity contribution < 1.29 is 13.2 Å². The Balaban J connectivity index is 3.89. The molecule has 0 saturated carbocycles. The molecule has 0 aliphatic carbocycles. The highest BCUT2D eigenvalue weighted by Crippen LogP contribution is 1.96. The second-order valence-corrected chi connectivity index (χ2v) is 6.47. The van der Waals surface area contributed by atoms with Crippen molar-refractivity contribution in [1.82, 2.24) is 4.72 Å². The molecule has 0 radical (unpaired) electrons. The van der Waals surface area contributed by atoms with E-state index >= 15 is 0 Å². The highest BCUT2D eigenvalue weighted by atomic mass is 32.2. The van der Waals surface area contributed by atoms with E-state index < -0.39 is 15.6 Å². The average molecular weight is 238 g/mol. The predicted molar refractivity (Wildman–Crippen MR) is 61.1 cm³/mol. The molecule has 5 nitrogen and oxygen atoms in total. The van der Waals surface area contributed by atoms with Gasteiger partial charge in [0.25, 0.3) is 0 Å². The van der Waals surface area contributed by atoms with Crippen LogP contribution in [0.2, 0.25) is 0 Å². The van der Waals surface area contributed by atoms with Crippen LogP contribution in [0.1, 0.15) is 27.7 Å². The lowest BCUT2D eigenvalue weighted by Crippen LogP contribution is -2.45. The summed E-state index contributed by atoms with van der Waals surface area (Å²) >= 11 is 0. The zero-order valence-electron chi connectivity index (χ0n) is 9.91. The molecule has 0 spiro atoms. The second-order valence-electron chi connectivity index (χ2n) is 4.55. The number of hydrogen-bond donors (Lipinski definition) is 2. The molecule has 0 aliphatic heterocycles. The Labute approximate surface area is 92.4 Å². The van der Waals surface area contributed by atoms with Crippen molar-refractivity contribution in [1.29, 1.82) is 0 Å². The van der Waals surface area contributed by atoms with E-state index in [1.54, 1.807) is 13.8 Å². The van der Waals surface area contributed by atoms with Crippen LogP contribution in [0.3, 0.4) is 0 Å². The van der Waals surface area contributed by atoms with Gasteiger partial charge in [0.15, 0.2) is 0 Å². The quantitative estimate of drug-likeness (QED) is 0.657. The summed E-state index contributed by atoms with van der Waals surface area (Å²) in [5.74, 6) is -0.0265. The van der Waals surface area contributed by atoms with E-state index in [-0.39, 0.29) is 25.0 Å². The number of ether oxygens (including phenoxy) is 1. The van der Waals surface area contributed by atoms with Crippen molar-refractivity contribution in [2.45, 2.75) is 39.3 Å². The minimum absolute atomic E-state index is 0.0265. The van der Waals surface area contributed by atoms with Crippen molar-refractivity contribution in [3.05, 3.63) is 0 Å². The molecular formula is C9H22N2O3S. The summed E-state index contributed by atoms with van der Waals surface area (Å²) in [6.45, 7) is 7.70. The van der Waals surface area contributed by atoms with Gasteiger partial charge < -0.3 is 10.5 Å². The summed E-state index contributed by atoms with van der Waals surface area (Å²) in [6, 6.07) is 0. The standard InChI is InChI=1S/C9H22N2O3S/c1-8(2)14-5-6-15(12,13)11-7-9(3,4)10/h8,11H,5-7,10H2,1-4H3. The van der Waals surface area contributed by atoms with Gasteiger partial charge in [-0.05, 0) is 27.7 Å². The molecule has 15 heavy (non-hydrogen) atoms.